The molecule has 0 amide bonds. The maximum Gasteiger partial charge on any atom is 0.118 e. The van der Waals surface area contributed by atoms with Crippen LogP contribution in [-0.2, 0) is 6.42 Å². The molecule has 2 aromatic carbocycles. The molecule has 0 fully saturated rings. The molecule has 0 saturated heterocycles. The van der Waals surface area contributed by atoms with Crippen LogP contribution in [0.2, 0.25) is 0 Å². The SMILES string of the molecule is COc1ccc(CCNc2cccc(C)c2Br)cc1. The Kier molecular flexibility index (Phi) is 4.86. The second kappa shape index (κ2) is 6.62. The lowest BCUT2D eigenvalue weighted by atomic mass is 10.1. The van der Waals surface area contributed by atoms with Gasteiger partial charge in [-0.1, -0.05) is 24.3 Å². The van der Waals surface area contributed by atoms with Crippen molar-refractivity contribution in [2.45, 2.75) is 13.3 Å². The summed E-state index contributed by atoms with van der Waals surface area (Å²) in [4.78, 5) is 0. The molecule has 0 heterocycles. The normalized spacial score (nSPS) is 10.3. The molecule has 0 bridgehead atoms. The van der Waals surface area contributed by atoms with Crippen molar-refractivity contribution in [3.8, 4) is 5.75 Å². The van der Waals surface area contributed by atoms with E-state index in [0.29, 0.717) is 0 Å². The molecule has 0 spiro atoms. The molecule has 0 saturated carbocycles. The van der Waals surface area contributed by atoms with E-state index in [9.17, 15) is 0 Å². The molecule has 19 heavy (non-hydrogen) atoms. The smallest absolute Gasteiger partial charge is 0.118 e. The zero-order chi connectivity index (χ0) is 13.7. The summed E-state index contributed by atoms with van der Waals surface area (Å²) in [6, 6.07) is 14.5. The number of hydrogen-bond acceptors (Lipinski definition) is 2. The van der Waals surface area contributed by atoms with Gasteiger partial charge in [-0.2, -0.15) is 0 Å². The minimum absolute atomic E-state index is 0.901. The molecular formula is C16H18BrNO. The Bertz CT molecular complexity index is 537. The van der Waals surface area contributed by atoms with E-state index in [1.807, 2.05) is 12.1 Å². The second-order valence-electron chi connectivity index (χ2n) is 4.46. The summed E-state index contributed by atoms with van der Waals surface area (Å²) in [6.45, 7) is 3.01. The number of anilines is 1. The highest BCUT2D eigenvalue weighted by Crippen LogP contribution is 2.25. The van der Waals surface area contributed by atoms with Gasteiger partial charge in [0.15, 0.2) is 0 Å². The van der Waals surface area contributed by atoms with Crippen LogP contribution in [0.3, 0.4) is 0 Å². The fourth-order valence-electron chi connectivity index (χ4n) is 1.92. The van der Waals surface area contributed by atoms with Gasteiger partial charge in [0.25, 0.3) is 0 Å². The topological polar surface area (TPSA) is 21.3 Å². The number of methoxy groups -OCH3 is 1. The number of hydrogen-bond donors (Lipinski definition) is 1. The van der Waals surface area contributed by atoms with Crippen LogP contribution in [0, 0.1) is 6.92 Å². The van der Waals surface area contributed by atoms with Crippen LogP contribution < -0.4 is 10.1 Å². The fourth-order valence-corrected chi connectivity index (χ4v) is 2.32. The number of nitrogens with one attached hydrogen (secondary N) is 1. The van der Waals surface area contributed by atoms with E-state index < -0.39 is 0 Å². The molecular weight excluding hydrogens is 302 g/mol. The molecule has 100 valence electrons. The zero-order valence-corrected chi connectivity index (χ0v) is 12.8. The fraction of sp³-hybridized carbons (Fsp3) is 0.250. The van der Waals surface area contributed by atoms with Crippen molar-refractivity contribution in [3.63, 3.8) is 0 Å². The summed E-state index contributed by atoms with van der Waals surface area (Å²) in [7, 11) is 1.69. The van der Waals surface area contributed by atoms with Crippen LogP contribution in [0.25, 0.3) is 0 Å². The number of aryl methyl sites for hydroxylation is 1. The maximum atomic E-state index is 5.15. The van der Waals surface area contributed by atoms with Gasteiger partial charge in [0.2, 0.25) is 0 Å². The predicted octanol–water partition coefficient (Wildman–Crippen LogP) is 4.42. The first-order chi connectivity index (χ1) is 9.20. The van der Waals surface area contributed by atoms with Crippen LogP contribution >= 0.6 is 15.9 Å². The summed E-state index contributed by atoms with van der Waals surface area (Å²) in [5.41, 5.74) is 3.69. The molecule has 0 unspecified atom stereocenters. The Morgan fingerprint density at radius 1 is 1.11 bits per heavy atom. The molecule has 0 aliphatic rings. The minimum atomic E-state index is 0.901. The average Bonchev–Trinajstić information content (AvgIpc) is 2.44. The van der Waals surface area contributed by atoms with Crippen LogP contribution in [0.1, 0.15) is 11.1 Å². The van der Waals surface area contributed by atoms with Gasteiger partial charge in [0.1, 0.15) is 5.75 Å². The van der Waals surface area contributed by atoms with E-state index in [0.717, 1.165) is 28.9 Å². The third kappa shape index (κ3) is 3.74. The molecule has 0 aliphatic heterocycles. The van der Waals surface area contributed by atoms with Crippen molar-refractivity contribution in [1.29, 1.82) is 0 Å². The van der Waals surface area contributed by atoms with Gasteiger partial charge in [-0.15, -0.1) is 0 Å². The molecule has 3 heteroatoms. The maximum absolute atomic E-state index is 5.15. The van der Waals surface area contributed by atoms with Gasteiger partial charge in [-0.05, 0) is 58.6 Å². The lowest BCUT2D eigenvalue weighted by Crippen LogP contribution is -2.05. The zero-order valence-electron chi connectivity index (χ0n) is 11.2. The third-order valence-electron chi connectivity index (χ3n) is 3.08. The first-order valence-electron chi connectivity index (χ1n) is 6.32. The third-order valence-corrected chi connectivity index (χ3v) is 4.13. The molecule has 0 aliphatic carbocycles. The Labute approximate surface area is 122 Å². The highest BCUT2D eigenvalue weighted by atomic mass is 79.9. The summed E-state index contributed by atoms with van der Waals surface area (Å²) >= 11 is 3.61. The highest BCUT2D eigenvalue weighted by Gasteiger charge is 2.01. The van der Waals surface area contributed by atoms with Gasteiger partial charge in [0, 0.05) is 16.7 Å². The number of ether oxygens (including phenoxy) is 1. The van der Waals surface area contributed by atoms with Crippen molar-refractivity contribution >= 4 is 21.6 Å². The number of halogens is 1. The lowest BCUT2D eigenvalue weighted by Gasteiger charge is -2.10. The summed E-state index contributed by atoms with van der Waals surface area (Å²) < 4.78 is 6.29. The van der Waals surface area contributed by atoms with Crippen LogP contribution in [-0.4, -0.2) is 13.7 Å². The first kappa shape index (κ1) is 13.9. The average molecular weight is 320 g/mol. The van der Waals surface area contributed by atoms with E-state index in [1.165, 1.54) is 11.1 Å². The van der Waals surface area contributed by atoms with Crippen molar-refractivity contribution in [2.24, 2.45) is 0 Å². The van der Waals surface area contributed by atoms with Gasteiger partial charge >= 0.3 is 0 Å². The number of benzene rings is 2. The minimum Gasteiger partial charge on any atom is -0.497 e. The Hall–Kier alpha value is -1.48. The molecule has 2 rings (SSSR count). The van der Waals surface area contributed by atoms with Gasteiger partial charge in [-0.3, -0.25) is 0 Å². The lowest BCUT2D eigenvalue weighted by molar-refractivity contribution is 0.414. The summed E-state index contributed by atoms with van der Waals surface area (Å²) in [5.74, 6) is 0.901. The highest BCUT2D eigenvalue weighted by molar-refractivity contribution is 9.10. The van der Waals surface area contributed by atoms with Gasteiger partial charge in [-0.25, -0.2) is 0 Å². The molecule has 0 atom stereocenters. The summed E-state index contributed by atoms with van der Waals surface area (Å²) in [6.07, 6.45) is 0.990. The van der Waals surface area contributed by atoms with Crippen LogP contribution in [0.5, 0.6) is 5.75 Å². The van der Waals surface area contributed by atoms with Crippen molar-refractivity contribution in [1.82, 2.24) is 0 Å². The van der Waals surface area contributed by atoms with Crippen molar-refractivity contribution in [3.05, 3.63) is 58.1 Å². The van der Waals surface area contributed by atoms with Crippen molar-refractivity contribution < 1.29 is 4.74 Å². The van der Waals surface area contributed by atoms with E-state index in [1.54, 1.807) is 7.11 Å². The number of rotatable bonds is 5. The van der Waals surface area contributed by atoms with E-state index >= 15 is 0 Å². The Morgan fingerprint density at radius 2 is 1.84 bits per heavy atom. The molecule has 2 nitrogen and oxygen atoms in total. The molecule has 2 aromatic rings. The van der Waals surface area contributed by atoms with E-state index in [-0.39, 0.29) is 0 Å². The second-order valence-corrected chi connectivity index (χ2v) is 5.25. The quantitative estimate of drug-likeness (QED) is 0.880. The van der Waals surface area contributed by atoms with Crippen LogP contribution in [0.4, 0.5) is 5.69 Å². The standard InChI is InChI=1S/C16H18BrNO/c1-12-4-3-5-15(16(12)17)18-11-10-13-6-8-14(19-2)9-7-13/h3-9,18H,10-11H2,1-2H3. The van der Waals surface area contributed by atoms with Crippen LogP contribution in [0.15, 0.2) is 46.9 Å². The molecule has 0 aromatic heterocycles. The molecule has 1 N–H and O–H groups in total. The van der Waals surface area contributed by atoms with E-state index in [2.05, 4.69) is 58.5 Å². The van der Waals surface area contributed by atoms with Crippen molar-refractivity contribution in [2.75, 3.05) is 19.0 Å². The first-order valence-corrected chi connectivity index (χ1v) is 7.12. The van der Waals surface area contributed by atoms with Gasteiger partial charge in [0.05, 0.1) is 7.11 Å². The molecule has 0 radical (unpaired) electrons. The Morgan fingerprint density at radius 3 is 2.53 bits per heavy atom. The largest absolute Gasteiger partial charge is 0.497 e. The summed E-state index contributed by atoms with van der Waals surface area (Å²) in [5, 5.41) is 3.45. The van der Waals surface area contributed by atoms with E-state index in [4.69, 9.17) is 4.74 Å². The monoisotopic (exact) mass is 319 g/mol. The Balaban J connectivity index is 1.90. The predicted molar refractivity (Wildman–Crippen MR) is 84.1 cm³/mol. The van der Waals surface area contributed by atoms with Gasteiger partial charge < -0.3 is 10.1 Å².